The summed E-state index contributed by atoms with van der Waals surface area (Å²) >= 11 is 0. The fourth-order valence-electron chi connectivity index (χ4n) is 4.53. The predicted octanol–water partition coefficient (Wildman–Crippen LogP) is 3.14. The lowest BCUT2D eigenvalue weighted by Gasteiger charge is -2.46. The molecule has 202 valence electrons. The van der Waals surface area contributed by atoms with E-state index in [0.29, 0.717) is 12.0 Å². The fraction of sp³-hybridized carbons (Fsp3) is 0.379. The van der Waals surface area contributed by atoms with Crippen molar-refractivity contribution in [2.45, 2.75) is 71.8 Å². The molecule has 0 saturated heterocycles. The van der Waals surface area contributed by atoms with E-state index in [-0.39, 0.29) is 18.0 Å². The maximum atomic E-state index is 14.0. The van der Waals surface area contributed by atoms with E-state index in [0.717, 1.165) is 10.6 Å². The Kier molecular flexibility index (Phi) is 9.41. The molecule has 3 rings (SSSR count). The smallest absolute Gasteiger partial charge is 0.337 e. The number of hydrogen-bond acceptors (Lipinski definition) is 6. The van der Waals surface area contributed by atoms with E-state index in [2.05, 4.69) is 0 Å². The first kappa shape index (κ1) is 28.6. The van der Waals surface area contributed by atoms with Crippen molar-refractivity contribution in [1.82, 2.24) is 14.9 Å². The van der Waals surface area contributed by atoms with Crippen LogP contribution in [0.4, 0.5) is 0 Å². The maximum absolute atomic E-state index is 14.0. The lowest BCUT2D eigenvalue weighted by atomic mass is 9.99. The van der Waals surface area contributed by atoms with Crippen molar-refractivity contribution in [3.63, 3.8) is 0 Å². The lowest BCUT2D eigenvalue weighted by Crippen LogP contribution is -2.63. The molecule has 0 saturated carbocycles. The van der Waals surface area contributed by atoms with Gasteiger partial charge in [0.05, 0.1) is 17.8 Å². The SMILES string of the molecule is CCC1C(=O)N(N(C(C)=O)[C@@H](Cc2ccccc2)C(O)C(=O)OC(C)C)C(c2ccccc2)=CN1C(C)=O. The number of hydrogen-bond donors (Lipinski definition) is 1. The molecule has 38 heavy (non-hydrogen) atoms. The summed E-state index contributed by atoms with van der Waals surface area (Å²) in [4.78, 5) is 54.1. The van der Waals surface area contributed by atoms with E-state index in [1.165, 1.54) is 23.8 Å². The Bertz CT molecular complexity index is 1180. The summed E-state index contributed by atoms with van der Waals surface area (Å²) in [6.07, 6.45) is -0.349. The summed E-state index contributed by atoms with van der Waals surface area (Å²) in [6.45, 7) is 7.73. The summed E-state index contributed by atoms with van der Waals surface area (Å²) in [5.74, 6) is -2.32. The Labute approximate surface area is 223 Å². The second kappa shape index (κ2) is 12.5. The van der Waals surface area contributed by atoms with Gasteiger partial charge in [-0.25, -0.2) is 14.8 Å². The number of carbonyl (C=O) groups excluding carboxylic acids is 4. The lowest BCUT2D eigenvalue weighted by molar-refractivity contribution is -0.177. The first-order valence-corrected chi connectivity index (χ1v) is 12.7. The van der Waals surface area contributed by atoms with Gasteiger partial charge in [-0.1, -0.05) is 67.6 Å². The van der Waals surface area contributed by atoms with Crippen LogP contribution >= 0.6 is 0 Å². The molecule has 0 aliphatic carbocycles. The molecular weight excluding hydrogens is 486 g/mol. The molecule has 9 nitrogen and oxygen atoms in total. The molecule has 3 amide bonds. The minimum absolute atomic E-state index is 0.0633. The second-order valence-electron chi connectivity index (χ2n) is 9.43. The molecule has 0 aromatic heterocycles. The van der Waals surface area contributed by atoms with Crippen LogP contribution in [0.15, 0.2) is 66.9 Å². The third-order valence-corrected chi connectivity index (χ3v) is 6.24. The van der Waals surface area contributed by atoms with E-state index in [1.54, 1.807) is 51.2 Å². The van der Waals surface area contributed by atoms with Gasteiger partial charge in [0.25, 0.3) is 5.91 Å². The van der Waals surface area contributed by atoms with Crippen LogP contribution in [0.1, 0.15) is 52.2 Å². The first-order valence-electron chi connectivity index (χ1n) is 12.7. The van der Waals surface area contributed by atoms with Crippen molar-refractivity contribution in [2.24, 2.45) is 0 Å². The van der Waals surface area contributed by atoms with Crippen LogP contribution in [0.3, 0.4) is 0 Å². The van der Waals surface area contributed by atoms with Crippen LogP contribution in [-0.2, 0) is 30.3 Å². The Morgan fingerprint density at radius 2 is 1.58 bits per heavy atom. The van der Waals surface area contributed by atoms with Crippen LogP contribution in [0.2, 0.25) is 0 Å². The number of rotatable bonds is 9. The van der Waals surface area contributed by atoms with Gasteiger partial charge in [0.1, 0.15) is 6.04 Å². The summed E-state index contributed by atoms with van der Waals surface area (Å²) in [5, 5.41) is 13.6. The van der Waals surface area contributed by atoms with Crippen LogP contribution < -0.4 is 0 Å². The van der Waals surface area contributed by atoms with Crippen molar-refractivity contribution in [1.29, 1.82) is 0 Å². The van der Waals surface area contributed by atoms with E-state index >= 15 is 0 Å². The fourth-order valence-corrected chi connectivity index (χ4v) is 4.53. The van der Waals surface area contributed by atoms with E-state index in [9.17, 15) is 24.3 Å². The van der Waals surface area contributed by atoms with Gasteiger partial charge in [-0.15, -0.1) is 0 Å². The van der Waals surface area contributed by atoms with Gasteiger partial charge in [0.15, 0.2) is 6.10 Å². The Hall–Kier alpha value is -3.98. The average molecular weight is 522 g/mol. The first-order chi connectivity index (χ1) is 18.1. The van der Waals surface area contributed by atoms with Gasteiger partial charge in [-0.05, 0) is 32.3 Å². The van der Waals surface area contributed by atoms with Crippen molar-refractivity contribution < 1.29 is 29.0 Å². The van der Waals surface area contributed by atoms with Gasteiger partial charge in [-0.3, -0.25) is 14.4 Å². The molecule has 1 heterocycles. The molecular formula is C29H35N3O6. The molecule has 3 atom stereocenters. The highest BCUT2D eigenvalue weighted by atomic mass is 16.6. The largest absolute Gasteiger partial charge is 0.461 e. The summed E-state index contributed by atoms with van der Waals surface area (Å²) in [5.41, 5.74) is 1.59. The minimum atomic E-state index is -1.75. The third-order valence-electron chi connectivity index (χ3n) is 6.24. The molecule has 2 aromatic rings. The van der Waals surface area contributed by atoms with Gasteiger partial charge in [-0.2, -0.15) is 0 Å². The zero-order chi connectivity index (χ0) is 28.0. The number of esters is 1. The predicted molar refractivity (Wildman–Crippen MR) is 142 cm³/mol. The monoisotopic (exact) mass is 521 g/mol. The Morgan fingerprint density at radius 1 is 1.00 bits per heavy atom. The molecule has 0 fully saturated rings. The van der Waals surface area contributed by atoms with Crippen molar-refractivity contribution in [3.05, 3.63) is 78.0 Å². The van der Waals surface area contributed by atoms with Crippen molar-refractivity contribution in [3.8, 4) is 0 Å². The summed E-state index contributed by atoms with van der Waals surface area (Å²) in [7, 11) is 0. The summed E-state index contributed by atoms with van der Waals surface area (Å²) in [6, 6.07) is 15.9. The average Bonchev–Trinajstić information content (AvgIpc) is 2.88. The Morgan fingerprint density at radius 3 is 2.08 bits per heavy atom. The molecule has 2 aromatic carbocycles. The van der Waals surface area contributed by atoms with Crippen molar-refractivity contribution >= 4 is 29.4 Å². The second-order valence-corrected chi connectivity index (χ2v) is 9.43. The van der Waals surface area contributed by atoms with Crippen LogP contribution in [0, 0.1) is 0 Å². The molecule has 9 heteroatoms. The third kappa shape index (κ3) is 6.28. The Balaban J connectivity index is 2.21. The quantitative estimate of drug-likeness (QED) is 0.508. The molecule has 0 bridgehead atoms. The van der Waals surface area contributed by atoms with E-state index in [4.69, 9.17) is 4.74 Å². The molecule has 0 spiro atoms. The van der Waals surface area contributed by atoms with Crippen molar-refractivity contribution in [2.75, 3.05) is 0 Å². The van der Waals surface area contributed by atoms with Gasteiger partial charge < -0.3 is 14.7 Å². The number of nitrogens with zero attached hydrogens (tertiary/aromatic N) is 3. The highest BCUT2D eigenvalue weighted by Gasteiger charge is 2.45. The zero-order valence-electron chi connectivity index (χ0n) is 22.4. The van der Waals surface area contributed by atoms with Crippen LogP contribution in [0.5, 0.6) is 0 Å². The highest BCUT2D eigenvalue weighted by Crippen LogP contribution is 2.32. The number of benzene rings is 2. The number of amides is 3. The molecule has 1 N–H and O–H groups in total. The minimum Gasteiger partial charge on any atom is -0.461 e. The molecule has 1 aliphatic heterocycles. The highest BCUT2D eigenvalue weighted by molar-refractivity contribution is 5.98. The van der Waals surface area contributed by atoms with Crippen LogP contribution in [-0.4, -0.2) is 68.0 Å². The summed E-state index contributed by atoms with van der Waals surface area (Å²) < 4.78 is 5.28. The number of hydrazine groups is 1. The topological polar surface area (TPSA) is 107 Å². The molecule has 2 unspecified atom stereocenters. The van der Waals surface area contributed by atoms with E-state index in [1.807, 2.05) is 36.4 Å². The number of aliphatic hydroxyl groups excluding tert-OH is 1. The standard InChI is InChI=1S/C29H35N3O6/c1-6-24-28(36)32(26(18-30(24)20(4)33)23-15-11-8-12-16-23)31(21(5)34)25(17-22-13-9-7-10-14-22)27(35)29(37)38-19(2)3/h7-16,18-19,24-25,27,35H,6,17H2,1-5H3/t24?,25-,27?/m0/s1. The normalized spacial score (nSPS) is 17.1. The van der Waals surface area contributed by atoms with Gasteiger partial charge in [0.2, 0.25) is 11.8 Å². The number of ether oxygens (including phenoxy) is 1. The van der Waals surface area contributed by atoms with Crippen LogP contribution in [0.25, 0.3) is 5.70 Å². The van der Waals surface area contributed by atoms with Gasteiger partial charge in [0, 0.05) is 25.6 Å². The molecule has 0 radical (unpaired) electrons. The molecule has 1 aliphatic rings. The number of aliphatic hydroxyl groups is 1. The van der Waals surface area contributed by atoms with E-state index < -0.39 is 42.1 Å². The maximum Gasteiger partial charge on any atom is 0.337 e. The zero-order valence-corrected chi connectivity index (χ0v) is 22.4. The van der Waals surface area contributed by atoms with Gasteiger partial charge >= 0.3 is 5.97 Å². The number of carbonyl (C=O) groups is 4.